The minimum absolute atomic E-state index is 0.149. The normalized spacial score (nSPS) is 16.9. The summed E-state index contributed by atoms with van der Waals surface area (Å²) in [6.45, 7) is 2.34. The van der Waals surface area contributed by atoms with E-state index >= 15 is 0 Å². The van der Waals surface area contributed by atoms with Crippen LogP contribution in [0, 0.1) is 17.6 Å². The maximum atomic E-state index is 13.5. The lowest BCUT2D eigenvalue weighted by molar-refractivity contribution is 0.283. The smallest absolute Gasteiger partial charge is 0.167 e. The fraction of sp³-hybridized carbons (Fsp3) is 0.538. The van der Waals surface area contributed by atoms with Crippen molar-refractivity contribution in [1.82, 2.24) is 5.32 Å². The molecule has 17 heavy (non-hydrogen) atoms. The molecule has 0 amide bonds. The molecule has 0 radical (unpaired) electrons. The molecule has 1 atom stereocenters. The molecule has 2 nitrogen and oxygen atoms in total. The van der Waals surface area contributed by atoms with Crippen LogP contribution in [-0.2, 0) is 0 Å². The minimum Gasteiger partial charge on any atom is -0.490 e. The van der Waals surface area contributed by atoms with Crippen molar-refractivity contribution in [2.45, 2.75) is 25.8 Å². The van der Waals surface area contributed by atoms with Crippen LogP contribution in [0.5, 0.6) is 5.75 Å². The van der Waals surface area contributed by atoms with Gasteiger partial charge in [0.2, 0.25) is 0 Å². The van der Waals surface area contributed by atoms with Crippen LogP contribution in [0.25, 0.3) is 0 Å². The van der Waals surface area contributed by atoms with Gasteiger partial charge >= 0.3 is 0 Å². The van der Waals surface area contributed by atoms with Crippen molar-refractivity contribution < 1.29 is 13.5 Å². The molecule has 1 aliphatic carbocycles. The Hall–Kier alpha value is -1.16. The third-order valence-corrected chi connectivity index (χ3v) is 3.12. The minimum atomic E-state index is -0.629. The molecule has 1 aromatic carbocycles. The molecule has 1 N–H and O–H groups in total. The van der Waals surface area contributed by atoms with Crippen LogP contribution >= 0.6 is 0 Å². The van der Waals surface area contributed by atoms with Gasteiger partial charge in [0, 0.05) is 17.7 Å². The molecule has 0 aromatic heterocycles. The lowest BCUT2D eigenvalue weighted by Crippen LogP contribution is -2.14. The van der Waals surface area contributed by atoms with E-state index in [1.807, 2.05) is 6.92 Å². The molecule has 0 spiro atoms. The quantitative estimate of drug-likeness (QED) is 0.855. The number of ether oxygens (including phenoxy) is 1. The highest BCUT2D eigenvalue weighted by molar-refractivity contribution is 5.33. The Balaban J connectivity index is 2.17. The van der Waals surface area contributed by atoms with Gasteiger partial charge in [-0.3, -0.25) is 0 Å². The Morgan fingerprint density at radius 1 is 1.35 bits per heavy atom. The number of hydrogen-bond acceptors (Lipinski definition) is 2. The van der Waals surface area contributed by atoms with Crippen LogP contribution in [0.15, 0.2) is 12.1 Å². The monoisotopic (exact) mass is 241 g/mol. The lowest BCUT2D eigenvalue weighted by Gasteiger charge is -2.14. The Bertz CT molecular complexity index is 405. The molecule has 4 heteroatoms. The van der Waals surface area contributed by atoms with Crippen molar-refractivity contribution in [3.63, 3.8) is 0 Å². The largest absolute Gasteiger partial charge is 0.490 e. The van der Waals surface area contributed by atoms with Gasteiger partial charge in [-0.05, 0) is 38.8 Å². The van der Waals surface area contributed by atoms with Gasteiger partial charge < -0.3 is 10.1 Å². The maximum Gasteiger partial charge on any atom is 0.167 e. The third-order valence-electron chi connectivity index (χ3n) is 3.12. The van der Waals surface area contributed by atoms with Crippen LogP contribution < -0.4 is 10.1 Å². The van der Waals surface area contributed by atoms with E-state index in [1.165, 1.54) is 6.07 Å². The van der Waals surface area contributed by atoms with Crippen molar-refractivity contribution in [2.75, 3.05) is 13.7 Å². The van der Waals surface area contributed by atoms with Gasteiger partial charge in [-0.1, -0.05) is 0 Å². The highest BCUT2D eigenvalue weighted by Gasteiger charge is 2.23. The summed E-state index contributed by atoms with van der Waals surface area (Å²) in [4.78, 5) is 0. The fourth-order valence-electron chi connectivity index (χ4n) is 1.63. The van der Waals surface area contributed by atoms with Crippen LogP contribution in [0.2, 0.25) is 0 Å². The number of nitrogens with one attached hydrogen (secondary N) is 1. The van der Waals surface area contributed by atoms with Gasteiger partial charge in [-0.25, -0.2) is 8.78 Å². The second-order valence-corrected chi connectivity index (χ2v) is 4.57. The molecule has 0 bridgehead atoms. The Labute approximate surface area is 100.0 Å². The van der Waals surface area contributed by atoms with Crippen molar-refractivity contribution >= 4 is 0 Å². The molecule has 0 unspecified atom stereocenters. The molecule has 1 aromatic rings. The second-order valence-electron chi connectivity index (χ2n) is 4.57. The first kappa shape index (κ1) is 12.3. The van der Waals surface area contributed by atoms with E-state index in [0.29, 0.717) is 18.1 Å². The summed E-state index contributed by atoms with van der Waals surface area (Å²) in [6.07, 6.45) is 2.28. The van der Waals surface area contributed by atoms with Crippen LogP contribution in [0.4, 0.5) is 8.78 Å². The molecular formula is C13H17F2NO. The number of rotatable bonds is 5. The van der Waals surface area contributed by atoms with E-state index in [4.69, 9.17) is 4.74 Å². The van der Waals surface area contributed by atoms with Gasteiger partial charge in [0.15, 0.2) is 11.6 Å². The summed E-state index contributed by atoms with van der Waals surface area (Å²) in [5, 5.41) is 2.93. The van der Waals surface area contributed by atoms with Crippen LogP contribution in [-0.4, -0.2) is 13.7 Å². The lowest BCUT2D eigenvalue weighted by atomic mass is 10.1. The topological polar surface area (TPSA) is 21.3 Å². The van der Waals surface area contributed by atoms with Gasteiger partial charge in [-0.2, -0.15) is 0 Å². The molecular weight excluding hydrogens is 224 g/mol. The van der Waals surface area contributed by atoms with Crippen LogP contribution in [0.1, 0.15) is 31.4 Å². The summed E-state index contributed by atoms with van der Waals surface area (Å²) >= 11 is 0. The first-order chi connectivity index (χ1) is 8.11. The standard InChI is InChI=1S/C13H17F2NO/c1-8(16-2)10-5-13(12(15)6-11(10)14)17-7-9-3-4-9/h5-6,8-9,16H,3-4,7H2,1-2H3/t8-/m1/s1. The third kappa shape index (κ3) is 2.94. The summed E-state index contributed by atoms with van der Waals surface area (Å²) in [5.41, 5.74) is 0.430. The molecule has 1 saturated carbocycles. The molecule has 1 aliphatic rings. The predicted molar refractivity (Wildman–Crippen MR) is 62.1 cm³/mol. The summed E-state index contributed by atoms with van der Waals surface area (Å²) in [5.74, 6) is -0.474. The molecule has 0 saturated heterocycles. The van der Waals surface area contributed by atoms with E-state index in [9.17, 15) is 8.78 Å². The molecule has 0 heterocycles. The fourth-order valence-corrected chi connectivity index (χ4v) is 1.63. The van der Waals surface area contributed by atoms with Crippen molar-refractivity contribution in [3.8, 4) is 5.75 Å². The Morgan fingerprint density at radius 2 is 2.06 bits per heavy atom. The second kappa shape index (κ2) is 5.00. The van der Waals surface area contributed by atoms with E-state index in [0.717, 1.165) is 18.9 Å². The zero-order valence-electron chi connectivity index (χ0n) is 10.1. The van der Waals surface area contributed by atoms with E-state index in [2.05, 4.69) is 5.32 Å². The van der Waals surface area contributed by atoms with Crippen molar-refractivity contribution in [3.05, 3.63) is 29.3 Å². The van der Waals surface area contributed by atoms with Crippen molar-refractivity contribution in [2.24, 2.45) is 5.92 Å². The maximum absolute atomic E-state index is 13.5. The van der Waals surface area contributed by atoms with Crippen molar-refractivity contribution in [1.29, 1.82) is 0 Å². The highest BCUT2D eigenvalue weighted by Crippen LogP contribution is 2.31. The highest BCUT2D eigenvalue weighted by atomic mass is 19.1. The molecule has 1 fully saturated rings. The number of hydrogen-bond donors (Lipinski definition) is 1. The zero-order valence-corrected chi connectivity index (χ0v) is 10.1. The molecule has 94 valence electrons. The summed E-state index contributed by atoms with van der Waals surface area (Å²) in [6, 6.07) is 2.18. The van der Waals surface area contributed by atoms with E-state index in [1.54, 1.807) is 7.05 Å². The average Bonchev–Trinajstić information content (AvgIpc) is 3.11. The van der Waals surface area contributed by atoms with Gasteiger partial charge in [0.25, 0.3) is 0 Å². The van der Waals surface area contributed by atoms with Gasteiger partial charge in [0.1, 0.15) is 5.82 Å². The zero-order chi connectivity index (χ0) is 12.4. The number of halogens is 2. The summed E-state index contributed by atoms with van der Waals surface area (Å²) in [7, 11) is 1.73. The van der Waals surface area contributed by atoms with Gasteiger partial charge in [0.05, 0.1) is 6.61 Å². The predicted octanol–water partition coefficient (Wildman–Crippen LogP) is 3.03. The first-order valence-corrected chi connectivity index (χ1v) is 5.90. The van der Waals surface area contributed by atoms with Crippen LogP contribution in [0.3, 0.4) is 0 Å². The average molecular weight is 241 g/mol. The Morgan fingerprint density at radius 3 is 2.65 bits per heavy atom. The molecule has 0 aliphatic heterocycles. The van der Waals surface area contributed by atoms with Gasteiger partial charge in [-0.15, -0.1) is 0 Å². The molecule has 2 rings (SSSR count). The van der Waals surface area contributed by atoms with E-state index in [-0.39, 0.29) is 11.8 Å². The Kier molecular flexibility index (Phi) is 3.62. The SMILES string of the molecule is CN[C@H](C)c1cc(OCC2CC2)c(F)cc1F. The first-order valence-electron chi connectivity index (χ1n) is 5.90. The number of benzene rings is 1. The summed E-state index contributed by atoms with van der Waals surface area (Å²) < 4.78 is 32.4. The van der Waals surface area contributed by atoms with E-state index < -0.39 is 11.6 Å².